The quantitative estimate of drug-likeness (QED) is 0.331. The SMILES string of the molecule is O=[N+]([O-])c1ccc(Nc2nc(-[n+]3ccccc3)nc(Cl)c2Cl)cc1. The zero-order valence-corrected chi connectivity index (χ0v) is 13.6. The van der Waals surface area contributed by atoms with Crippen LogP contribution >= 0.6 is 23.2 Å². The number of rotatable bonds is 4. The predicted octanol–water partition coefficient (Wildman–Crippen LogP) is 3.71. The van der Waals surface area contributed by atoms with E-state index in [2.05, 4.69) is 15.3 Å². The lowest BCUT2D eigenvalue weighted by Crippen LogP contribution is -2.32. The minimum atomic E-state index is -0.470. The minimum Gasteiger partial charge on any atom is -0.325 e. The average molecular weight is 363 g/mol. The molecule has 0 spiro atoms. The summed E-state index contributed by atoms with van der Waals surface area (Å²) in [7, 11) is 0. The molecule has 3 rings (SSSR count). The molecule has 0 amide bonds. The topological polar surface area (TPSA) is 84.8 Å². The van der Waals surface area contributed by atoms with Crippen molar-refractivity contribution in [3.63, 3.8) is 0 Å². The summed E-state index contributed by atoms with van der Waals surface area (Å²) in [5.41, 5.74) is 0.578. The second kappa shape index (κ2) is 6.77. The molecule has 1 aromatic carbocycles. The third-order valence-corrected chi connectivity index (χ3v) is 3.81. The Balaban J connectivity index is 1.95. The van der Waals surface area contributed by atoms with Crippen molar-refractivity contribution in [2.45, 2.75) is 0 Å². The van der Waals surface area contributed by atoms with E-state index in [4.69, 9.17) is 23.2 Å². The Labute approximate surface area is 146 Å². The van der Waals surface area contributed by atoms with Crippen LogP contribution < -0.4 is 9.88 Å². The van der Waals surface area contributed by atoms with Crippen LogP contribution in [0.5, 0.6) is 0 Å². The highest BCUT2D eigenvalue weighted by Crippen LogP contribution is 2.29. The van der Waals surface area contributed by atoms with Gasteiger partial charge in [-0.3, -0.25) is 10.1 Å². The number of non-ortho nitro benzene ring substituents is 1. The average Bonchev–Trinajstić information content (AvgIpc) is 2.60. The lowest BCUT2D eigenvalue weighted by Gasteiger charge is -2.05. The van der Waals surface area contributed by atoms with E-state index in [1.165, 1.54) is 12.1 Å². The van der Waals surface area contributed by atoms with Crippen LogP contribution in [0, 0.1) is 10.1 Å². The van der Waals surface area contributed by atoms with Gasteiger partial charge < -0.3 is 5.32 Å². The fraction of sp³-hybridized carbons (Fsp3) is 0. The maximum atomic E-state index is 10.7. The van der Waals surface area contributed by atoms with E-state index in [1.807, 2.05) is 18.2 Å². The number of hydrogen-bond acceptors (Lipinski definition) is 5. The van der Waals surface area contributed by atoms with E-state index in [9.17, 15) is 10.1 Å². The molecule has 120 valence electrons. The molecule has 0 atom stereocenters. The summed E-state index contributed by atoms with van der Waals surface area (Å²) in [6.07, 6.45) is 3.55. The lowest BCUT2D eigenvalue weighted by atomic mass is 10.3. The number of halogens is 2. The van der Waals surface area contributed by atoms with Crippen molar-refractivity contribution >= 4 is 40.4 Å². The third kappa shape index (κ3) is 3.42. The van der Waals surface area contributed by atoms with E-state index in [0.29, 0.717) is 17.5 Å². The van der Waals surface area contributed by atoms with E-state index in [0.717, 1.165) is 0 Å². The van der Waals surface area contributed by atoms with Gasteiger partial charge in [-0.1, -0.05) is 22.7 Å². The van der Waals surface area contributed by atoms with Gasteiger partial charge in [0.1, 0.15) is 0 Å². The summed E-state index contributed by atoms with van der Waals surface area (Å²) in [5.74, 6) is 0.645. The minimum absolute atomic E-state index is 0.00658. The summed E-state index contributed by atoms with van der Waals surface area (Å²) in [4.78, 5) is 18.7. The van der Waals surface area contributed by atoms with E-state index in [-0.39, 0.29) is 15.9 Å². The highest BCUT2D eigenvalue weighted by molar-refractivity contribution is 6.42. The summed E-state index contributed by atoms with van der Waals surface area (Å²) in [5, 5.41) is 13.9. The molecule has 2 aromatic heterocycles. The fourth-order valence-electron chi connectivity index (χ4n) is 1.94. The van der Waals surface area contributed by atoms with Gasteiger partial charge in [-0.15, -0.1) is 0 Å². The van der Waals surface area contributed by atoms with Gasteiger partial charge in [0.2, 0.25) is 11.0 Å². The van der Waals surface area contributed by atoms with Crippen LogP contribution in [0.4, 0.5) is 17.2 Å². The van der Waals surface area contributed by atoms with E-state index >= 15 is 0 Å². The van der Waals surface area contributed by atoms with Gasteiger partial charge in [0.25, 0.3) is 5.69 Å². The maximum Gasteiger partial charge on any atom is 0.440 e. The molecule has 0 radical (unpaired) electrons. The molecule has 0 saturated carbocycles. The Morgan fingerprint density at radius 1 is 1.04 bits per heavy atom. The fourth-order valence-corrected chi connectivity index (χ4v) is 2.24. The van der Waals surface area contributed by atoms with Crippen molar-refractivity contribution in [3.05, 3.63) is 75.1 Å². The molecule has 1 N–H and O–H groups in total. The molecule has 0 aliphatic carbocycles. The van der Waals surface area contributed by atoms with E-state index < -0.39 is 4.92 Å². The van der Waals surface area contributed by atoms with Crippen molar-refractivity contribution < 1.29 is 9.49 Å². The van der Waals surface area contributed by atoms with Crippen molar-refractivity contribution in [3.8, 4) is 5.95 Å². The first kappa shape index (κ1) is 16.1. The molecule has 0 unspecified atom stereocenters. The van der Waals surface area contributed by atoms with Crippen LogP contribution in [0.15, 0.2) is 54.9 Å². The molecule has 0 bridgehead atoms. The van der Waals surface area contributed by atoms with Crippen LogP contribution in [0.1, 0.15) is 0 Å². The van der Waals surface area contributed by atoms with Crippen molar-refractivity contribution in [1.82, 2.24) is 9.97 Å². The van der Waals surface area contributed by atoms with Crippen molar-refractivity contribution in [2.24, 2.45) is 0 Å². The van der Waals surface area contributed by atoms with Gasteiger partial charge in [-0.25, -0.2) is 4.57 Å². The monoisotopic (exact) mass is 362 g/mol. The van der Waals surface area contributed by atoms with Gasteiger partial charge in [0.15, 0.2) is 5.02 Å². The highest BCUT2D eigenvalue weighted by Gasteiger charge is 2.21. The number of nitrogens with zero attached hydrogens (tertiary/aromatic N) is 4. The highest BCUT2D eigenvalue weighted by atomic mass is 35.5. The molecular weight excluding hydrogens is 353 g/mol. The van der Waals surface area contributed by atoms with Crippen molar-refractivity contribution in [2.75, 3.05) is 5.32 Å². The number of aromatic nitrogens is 3. The number of pyridine rings is 1. The van der Waals surface area contributed by atoms with Gasteiger partial charge in [0.05, 0.1) is 17.3 Å². The van der Waals surface area contributed by atoms with Crippen molar-refractivity contribution in [1.29, 1.82) is 0 Å². The number of nitro groups is 1. The largest absolute Gasteiger partial charge is 0.440 e. The molecule has 0 aliphatic rings. The molecule has 0 saturated heterocycles. The van der Waals surface area contributed by atoms with Crippen LogP contribution in [-0.2, 0) is 0 Å². The first-order valence-electron chi connectivity index (χ1n) is 6.76. The molecular formula is C15H10Cl2N5O2+. The molecule has 9 heteroatoms. The molecule has 2 heterocycles. The smallest absolute Gasteiger partial charge is 0.325 e. The molecule has 0 aliphatic heterocycles. The Kier molecular flexibility index (Phi) is 4.54. The Morgan fingerprint density at radius 3 is 2.33 bits per heavy atom. The summed E-state index contributed by atoms with van der Waals surface area (Å²) >= 11 is 12.2. The summed E-state index contributed by atoms with van der Waals surface area (Å²) < 4.78 is 1.68. The summed E-state index contributed by atoms with van der Waals surface area (Å²) in [6, 6.07) is 11.4. The zero-order chi connectivity index (χ0) is 17.1. The number of nitrogens with one attached hydrogen (secondary N) is 1. The second-order valence-electron chi connectivity index (χ2n) is 4.69. The van der Waals surface area contributed by atoms with Gasteiger partial charge in [0, 0.05) is 17.8 Å². The number of nitro benzene ring substituents is 1. The Morgan fingerprint density at radius 2 is 1.71 bits per heavy atom. The third-order valence-electron chi connectivity index (χ3n) is 3.09. The standard InChI is InChI=1S/C15H10Cl2N5O2/c16-12-13(17)19-15(21-8-2-1-3-9-21)20-14(12)18-10-4-6-11(7-5-10)22(23)24/h1-9H,(H,18,19,20)/q+1. The zero-order valence-electron chi connectivity index (χ0n) is 12.1. The number of anilines is 2. The Bertz CT molecular complexity index is 888. The number of hydrogen-bond donors (Lipinski definition) is 1. The van der Waals surface area contributed by atoms with Crippen LogP contribution in [0.25, 0.3) is 5.95 Å². The van der Waals surface area contributed by atoms with Crippen LogP contribution in [0.3, 0.4) is 0 Å². The first-order valence-corrected chi connectivity index (χ1v) is 7.51. The lowest BCUT2D eigenvalue weighted by molar-refractivity contribution is -0.603. The van der Waals surface area contributed by atoms with Gasteiger partial charge in [-0.2, -0.15) is 0 Å². The normalized spacial score (nSPS) is 10.4. The molecule has 0 fully saturated rings. The predicted molar refractivity (Wildman–Crippen MR) is 90.0 cm³/mol. The first-order chi connectivity index (χ1) is 11.5. The number of benzene rings is 1. The maximum absolute atomic E-state index is 10.7. The molecule has 24 heavy (non-hydrogen) atoms. The van der Waals surface area contributed by atoms with Crippen LogP contribution in [-0.4, -0.2) is 14.9 Å². The second-order valence-corrected chi connectivity index (χ2v) is 5.42. The molecule has 7 nitrogen and oxygen atoms in total. The Hall–Kier alpha value is -2.77. The molecule has 3 aromatic rings. The van der Waals surface area contributed by atoms with E-state index in [1.54, 1.807) is 29.1 Å². The van der Waals surface area contributed by atoms with Gasteiger partial charge in [-0.05, 0) is 40.9 Å². The van der Waals surface area contributed by atoms with Crippen LogP contribution in [0.2, 0.25) is 10.2 Å². The summed E-state index contributed by atoms with van der Waals surface area (Å²) in [6.45, 7) is 0. The van der Waals surface area contributed by atoms with Gasteiger partial charge >= 0.3 is 5.95 Å².